The van der Waals surface area contributed by atoms with E-state index in [-0.39, 0.29) is 17.1 Å². The van der Waals surface area contributed by atoms with Gasteiger partial charge >= 0.3 is 0 Å². The van der Waals surface area contributed by atoms with Crippen molar-refractivity contribution in [1.29, 1.82) is 0 Å². The number of rotatable bonds is 5. The number of benzene rings is 1. The molecule has 1 rings (SSSR count). The van der Waals surface area contributed by atoms with E-state index in [9.17, 15) is 8.60 Å². The first-order valence-electron chi connectivity index (χ1n) is 5.31. The molecule has 0 aliphatic heterocycles. The first kappa shape index (κ1) is 13.3. The number of hydrogen-bond donors (Lipinski definition) is 1. The van der Waals surface area contributed by atoms with E-state index in [1.807, 2.05) is 19.9 Å². The van der Waals surface area contributed by atoms with E-state index in [1.54, 1.807) is 12.3 Å². The van der Waals surface area contributed by atoms with E-state index in [0.717, 1.165) is 5.56 Å². The smallest absolute Gasteiger partial charge is 0.123 e. The van der Waals surface area contributed by atoms with Gasteiger partial charge in [0.1, 0.15) is 5.82 Å². The molecule has 16 heavy (non-hydrogen) atoms. The van der Waals surface area contributed by atoms with Crippen LogP contribution in [0.25, 0.3) is 0 Å². The summed E-state index contributed by atoms with van der Waals surface area (Å²) in [4.78, 5) is 0. The molecule has 3 atom stereocenters. The van der Waals surface area contributed by atoms with Crippen LogP contribution in [-0.4, -0.2) is 22.3 Å². The number of nitrogens with one attached hydrogen (secondary N) is 1. The summed E-state index contributed by atoms with van der Waals surface area (Å²) in [5.74, 6) is -0.224. The van der Waals surface area contributed by atoms with Gasteiger partial charge in [0, 0.05) is 34.9 Å². The summed E-state index contributed by atoms with van der Waals surface area (Å²) >= 11 is 0. The lowest BCUT2D eigenvalue weighted by molar-refractivity contribution is 0.561. The van der Waals surface area contributed by atoms with Crippen molar-refractivity contribution in [2.24, 2.45) is 0 Å². The summed E-state index contributed by atoms with van der Waals surface area (Å²) in [6, 6.07) is 6.60. The Kier molecular flexibility index (Phi) is 5.09. The third-order valence-electron chi connectivity index (χ3n) is 2.63. The summed E-state index contributed by atoms with van der Waals surface area (Å²) in [5, 5.41) is 3.35. The van der Waals surface area contributed by atoms with Crippen molar-refractivity contribution >= 4 is 10.8 Å². The highest BCUT2D eigenvalue weighted by atomic mass is 32.2. The SMILES string of the molecule is C[C@H](NC[C@H](C)[S@](C)=O)c1cccc(F)c1. The second-order valence-electron chi connectivity index (χ2n) is 3.99. The molecule has 0 spiro atoms. The molecule has 1 aromatic rings. The quantitative estimate of drug-likeness (QED) is 0.859. The van der Waals surface area contributed by atoms with E-state index in [1.165, 1.54) is 12.1 Å². The van der Waals surface area contributed by atoms with Gasteiger partial charge < -0.3 is 5.32 Å². The molecule has 90 valence electrons. The first-order valence-corrected chi connectivity index (χ1v) is 6.94. The van der Waals surface area contributed by atoms with Crippen molar-refractivity contribution in [1.82, 2.24) is 5.32 Å². The molecule has 2 nitrogen and oxygen atoms in total. The average Bonchev–Trinajstić information content (AvgIpc) is 2.25. The van der Waals surface area contributed by atoms with Crippen LogP contribution in [0.4, 0.5) is 4.39 Å². The van der Waals surface area contributed by atoms with Crippen LogP contribution in [0.15, 0.2) is 24.3 Å². The van der Waals surface area contributed by atoms with Gasteiger partial charge in [-0.2, -0.15) is 0 Å². The lowest BCUT2D eigenvalue weighted by Gasteiger charge is -2.16. The molecule has 0 unspecified atom stereocenters. The van der Waals surface area contributed by atoms with Crippen LogP contribution in [0.3, 0.4) is 0 Å². The zero-order valence-corrected chi connectivity index (χ0v) is 10.7. The maximum absolute atomic E-state index is 13.0. The highest BCUT2D eigenvalue weighted by Gasteiger charge is 2.10. The number of hydrogen-bond acceptors (Lipinski definition) is 2. The Morgan fingerprint density at radius 3 is 2.69 bits per heavy atom. The summed E-state index contributed by atoms with van der Waals surface area (Å²) in [6.07, 6.45) is 1.69. The molecule has 0 bridgehead atoms. The van der Waals surface area contributed by atoms with Crippen LogP contribution in [0.1, 0.15) is 25.5 Å². The molecule has 0 aliphatic rings. The van der Waals surface area contributed by atoms with Crippen LogP contribution in [0.5, 0.6) is 0 Å². The molecule has 0 radical (unpaired) electrons. The Hall–Kier alpha value is -0.740. The molecule has 0 aliphatic carbocycles. The average molecular weight is 243 g/mol. The van der Waals surface area contributed by atoms with Gasteiger partial charge in [0.05, 0.1) is 0 Å². The van der Waals surface area contributed by atoms with Crippen molar-refractivity contribution in [3.63, 3.8) is 0 Å². The minimum Gasteiger partial charge on any atom is -0.309 e. The summed E-state index contributed by atoms with van der Waals surface area (Å²) in [5.41, 5.74) is 0.911. The minimum absolute atomic E-state index is 0.0710. The zero-order valence-electron chi connectivity index (χ0n) is 9.87. The Morgan fingerprint density at radius 2 is 2.12 bits per heavy atom. The van der Waals surface area contributed by atoms with Gasteiger partial charge in [-0.05, 0) is 31.5 Å². The van der Waals surface area contributed by atoms with E-state index in [4.69, 9.17) is 0 Å². The van der Waals surface area contributed by atoms with Gasteiger partial charge in [0.25, 0.3) is 0 Å². The predicted molar refractivity (Wildman–Crippen MR) is 66.3 cm³/mol. The maximum atomic E-state index is 13.0. The molecule has 0 saturated carbocycles. The van der Waals surface area contributed by atoms with Crippen LogP contribution in [0.2, 0.25) is 0 Å². The first-order chi connectivity index (χ1) is 7.50. The van der Waals surface area contributed by atoms with Gasteiger partial charge in [-0.15, -0.1) is 0 Å². The Morgan fingerprint density at radius 1 is 1.44 bits per heavy atom. The molecule has 0 heterocycles. The van der Waals surface area contributed by atoms with Gasteiger partial charge in [0.2, 0.25) is 0 Å². The van der Waals surface area contributed by atoms with Crippen LogP contribution in [0, 0.1) is 5.82 Å². The fraction of sp³-hybridized carbons (Fsp3) is 0.500. The van der Waals surface area contributed by atoms with Crippen molar-refractivity contribution in [3.05, 3.63) is 35.6 Å². The standard InChI is InChI=1S/C12H18FNOS/c1-9(16(3)15)8-14-10(2)11-5-4-6-12(13)7-11/h4-7,9-10,14H,8H2,1-3H3/t9-,10-,16-/m0/s1. The molecule has 0 saturated heterocycles. The topological polar surface area (TPSA) is 29.1 Å². The summed E-state index contributed by atoms with van der Waals surface area (Å²) in [6.45, 7) is 4.57. The lowest BCUT2D eigenvalue weighted by atomic mass is 10.1. The molecule has 0 amide bonds. The normalized spacial score (nSPS) is 16.8. The third-order valence-corrected chi connectivity index (χ3v) is 3.93. The minimum atomic E-state index is -0.824. The van der Waals surface area contributed by atoms with Crippen molar-refractivity contribution in [3.8, 4) is 0 Å². The van der Waals surface area contributed by atoms with Crippen LogP contribution < -0.4 is 5.32 Å². The fourth-order valence-electron chi connectivity index (χ4n) is 1.35. The Labute approximate surface area is 98.7 Å². The molecule has 0 aromatic heterocycles. The van der Waals surface area contributed by atoms with Gasteiger partial charge in [0.15, 0.2) is 0 Å². The third kappa shape index (κ3) is 4.02. The lowest BCUT2D eigenvalue weighted by Crippen LogP contribution is -2.29. The molecule has 1 N–H and O–H groups in total. The zero-order chi connectivity index (χ0) is 12.1. The van der Waals surface area contributed by atoms with Gasteiger partial charge in [-0.25, -0.2) is 4.39 Å². The maximum Gasteiger partial charge on any atom is 0.123 e. The fourth-order valence-corrected chi connectivity index (χ4v) is 1.68. The highest BCUT2D eigenvalue weighted by Crippen LogP contribution is 2.13. The van der Waals surface area contributed by atoms with Gasteiger partial charge in [-0.1, -0.05) is 12.1 Å². The number of halogens is 1. The van der Waals surface area contributed by atoms with Crippen LogP contribution in [-0.2, 0) is 10.8 Å². The van der Waals surface area contributed by atoms with Gasteiger partial charge in [-0.3, -0.25) is 4.21 Å². The Balaban J connectivity index is 2.52. The molecular weight excluding hydrogens is 225 g/mol. The van der Waals surface area contributed by atoms with Crippen molar-refractivity contribution in [2.45, 2.75) is 25.1 Å². The monoisotopic (exact) mass is 243 g/mol. The molecule has 0 fully saturated rings. The van der Waals surface area contributed by atoms with Crippen LogP contribution >= 0.6 is 0 Å². The Bertz CT molecular complexity index is 370. The van der Waals surface area contributed by atoms with Crippen molar-refractivity contribution < 1.29 is 8.60 Å². The van der Waals surface area contributed by atoms with E-state index in [0.29, 0.717) is 6.54 Å². The highest BCUT2D eigenvalue weighted by molar-refractivity contribution is 7.84. The molecule has 4 heteroatoms. The van der Waals surface area contributed by atoms with E-state index >= 15 is 0 Å². The predicted octanol–water partition coefficient (Wildman–Crippen LogP) is 2.24. The summed E-state index contributed by atoms with van der Waals surface area (Å²) in [7, 11) is -0.824. The molecule has 1 aromatic carbocycles. The largest absolute Gasteiger partial charge is 0.309 e. The summed E-state index contributed by atoms with van der Waals surface area (Å²) < 4.78 is 24.1. The second-order valence-corrected chi connectivity index (χ2v) is 5.80. The van der Waals surface area contributed by atoms with E-state index < -0.39 is 10.8 Å². The van der Waals surface area contributed by atoms with Crippen molar-refractivity contribution in [2.75, 3.05) is 12.8 Å². The van der Waals surface area contributed by atoms with E-state index in [2.05, 4.69) is 5.32 Å². The second kappa shape index (κ2) is 6.11. The molecular formula is C12H18FNOS.